The van der Waals surface area contributed by atoms with Gasteiger partial charge in [0.1, 0.15) is 0 Å². The maximum absolute atomic E-state index is 13.1. The fourth-order valence-electron chi connectivity index (χ4n) is 3.05. The number of fused-ring (bicyclic) bond motifs is 1. The van der Waals surface area contributed by atoms with E-state index in [9.17, 15) is 13.2 Å². The average Bonchev–Trinajstić information content (AvgIpc) is 3.10. The molecule has 1 N–H and O–H groups in total. The van der Waals surface area contributed by atoms with Gasteiger partial charge >= 0.3 is 0 Å². The fourth-order valence-corrected chi connectivity index (χ4v) is 5.73. The molecule has 1 aliphatic heterocycles. The zero-order valence-corrected chi connectivity index (χ0v) is 16.8. The smallest absolute Gasteiger partial charge is 0.293 e. The van der Waals surface area contributed by atoms with Crippen molar-refractivity contribution in [3.05, 3.63) is 29.3 Å². The second-order valence-corrected chi connectivity index (χ2v) is 9.97. The molecular weight excluding hydrogens is 372 g/mol. The lowest BCUT2D eigenvalue weighted by Gasteiger charge is -2.22. The molecule has 1 aromatic carbocycles. The Bertz CT molecular complexity index is 937. The Hall–Kier alpha value is -2.00. The fraction of sp³-hybridized carbons (Fsp3) is 0.471. The van der Waals surface area contributed by atoms with E-state index in [0.29, 0.717) is 18.5 Å². The third-order valence-corrected chi connectivity index (χ3v) is 7.23. The minimum atomic E-state index is -3.83. The maximum atomic E-state index is 13.1. The van der Waals surface area contributed by atoms with E-state index in [1.165, 1.54) is 4.31 Å². The molecule has 1 aliphatic rings. The van der Waals surface area contributed by atoms with Crippen molar-refractivity contribution in [3.8, 4) is 0 Å². The van der Waals surface area contributed by atoms with E-state index in [2.05, 4.69) is 15.5 Å². The number of amides is 1. The van der Waals surface area contributed by atoms with Gasteiger partial charge in [-0.15, -0.1) is 10.2 Å². The summed E-state index contributed by atoms with van der Waals surface area (Å²) in [6.07, 6.45) is 1.00. The second kappa shape index (κ2) is 6.96. The lowest BCUT2D eigenvalue weighted by Crippen LogP contribution is -2.35. The molecule has 1 unspecified atom stereocenters. The van der Waals surface area contributed by atoms with Gasteiger partial charge in [-0.3, -0.25) is 9.10 Å². The first kappa shape index (κ1) is 18.8. The Morgan fingerprint density at radius 1 is 1.38 bits per heavy atom. The van der Waals surface area contributed by atoms with E-state index >= 15 is 0 Å². The van der Waals surface area contributed by atoms with Gasteiger partial charge in [0.05, 0.1) is 5.69 Å². The van der Waals surface area contributed by atoms with Crippen molar-refractivity contribution in [1.82, 2.24) is 10.2 Å². The molecule has 1 amide bonds. The van der Waals surface area contributed by atoms with Gasteiger partial charge in [0, 0.05) is 12.5 Å². The van der Waals surface area contributed by atoms with Gasteiger partial charge in [-0.2, -0.15) is 8.42 Å². The lowest BCUT2D eigenvalue weighted by molar-refractivity contribution is -0.116. The summed E-state index contributed by atoms with van der Waals surface area (Å²) in [6.45, 7) is 7.67. The maximum Gasteiger partial charge on any atom is 0.293 e. The van der Waals surface area contributed by atoms with Crippen LogP contribution in [-0.4, -0.2) is 30.6 Å². The molecule has 7 nitrogen and oxygen atoms in total. The van der Waals surface area contributed by atoms with Crippen LogP contribution in [0.5, 0.6) is 0 Å². The summed E-state index contributed by atoms with van der Waals surface area (Å²) in [5.74, 6) is 0.00641. The van der Waals surface area contributed by atoms with Crippen LogP contribution in [0.3, 0.4) is 0 Å². The molecule has 1 atom stereocenters. The van der Waals surface area contributed by atoms with Crippen LogP contribution in [-0.2, 0) is 21.2 Å². The first-order valence-corrected chi connectivity index (χ1v) is 10.7. The van der Waals surface area contributed by atoms with Crippen molar-refractivity contribution in [2.45, 2.75) is 50.9 Å². The Morgan fingerprint density at radius 3 is 2.81 bits per heavy atom. The number of nitrogens with one attached hydrogen (secondary N) is 1. The molecule has 0 spiro atoms. The van der Waals surface area contributed by atoms with Gasteiger partial charge in [0.2, 0.25) is 11.0 Å². The molecule has 0 saturated heterocycles. The molecule has 0 fully saturated rings. The third kappa shape index (κ3) is 3.59. The number of carbonyl (C=O) groups excluding carboxylic acids is 1. The predicted molar refractivity (Wildman–Crippen MR) is 102 cm³/mol. The monoisotopic (exact) mass is 394 g/mol. The van der Waals surface area contributed by atoms with Gasteiger partial charge in [-0.1, -0.05) is 37.3 Å². The summed E-state index contributed by atoms with van der Waals surface area (Å²) in [7, 11) is -3.83. The number of rotatable bonds is 5. The molecule has 140 valence electrons. The molecule has 0 radical (unpaired) electrons. The zero-order chi connectivity index (χ0) is 19.1. The molecule has 1 aromatic heterocycles. The summed E-state index contributed by atoms with van der Waals surface area (Å²) >= 11 is 0.879. The molecule has 0 bridgehead atoms. The highest BCUT2D eigenvalue weighted by atomic mass is 32.2. The van der Waals surface area contributed by atoms with Gasteiger partial charge in [0.25, 0.3) is 14.4 Å². The van der Waals surface area contributed by atoms with Gasteiger partial charge < -0.3 is 5.32 Å². The molecule has 9 heteroatoms. The van der Waals surface area contributed by atoms with Crippen molar-refractivity contribution in [3.63, 3.8) is 0 Å². The van der Waals surface area contributed by atoms with E-state index in [1.807, 2.05) is 45.9 Å². The summed E-state index contributed by atoms with van der Waals surface area (Å²) in [5.41, 5.74) is 2.69. The van der Waals surface area contributed by atoms with Crippen LogP contribution in [0.2, 0.25) is 0 Å². The number of hydrogen-bond donors (Lipinski definition) is 1. The Morgan fingerprint density at radius 2 is 2.12 bits per heavy atom. The average molecular weight is 395 g/mol. The third-order valence-electron chi connectivity index (χ3n) is 4.12. The summed E-state index contributed by atoms with van der Waals surface area (Å²) in [4.78, 5) is 11.9. The van der Waals surface area contributed by atoms with Crippen LogP contribution in [0.1, 0.15) is 38.3 Å². The summed E-state index contributed by atoms with van der Waals surface area (Å²) in [5, 5.41) is 10.5. The van der Waals surface area contributed by atoms with E-state index in [4.69, 9.17) is 0 Å². The van der Waals surface area contributed by atoms with Gasteiger partial charge in [-0.25, -0.2) is 0 Å². The Balaban J connectivity index is 1.88. The first-order valence-electron chi connectivity index (χ1n) is 8.46. The number of aryl methyl sites for hydroxylation is 1. The Kier molecular flexibility index (Phi) is 5.03. The van der Waals surface area contributed by atoms with Crippen LogP contribution >= 0.6 is 11.3 Å². The number of hydrogen-bond acceptors (Lipinski definition) is 6. The normalized spacial score (nSPS) is 16.8. The molecule has 3 rings (SSSR count). The zero-order valence-electron chi connectivity index (χ0n) is 15.2. The highest BCUT2D eigenvalue weighted by molar-refractivity contribution is 7.94. The Labute approximate surface area is 157 Å². The lowest BCUT2D eigenvalue weighted by atomic mass is 10.1. The van der Waals surface area contributed by atoms with E-state index in [-0.39, 0.29) is 27.3 Å². The molecule has 0 aliphatic carbocycles. The van der Waals surface area contributed by atoms with Crippen molar-refractivity contribution in [1.29, 1.82) is 0 Å². The van der Waals surface area contributed by atoms with E-state index in [0.717, 1.165) is 22.5 Å². The first-order chi connectivity index (χ1) is 12.2. The summed E-state index contributed by atoms with van der Waals surface area (Å²) < 4.78 is 27.5. The molecule has 0 saturated carbocycles. The van der Waals surface area contributed by atoms with Gasteiger partial charge in [-0.05, 0) is 43.4 Å². The van der Waals surface area contributed by atoms with Crippen LogP contribution in [0.4, 0.5) is 10.8 Å². The largest absolute Gasteiger partial charge is 0.300 e. The topological polar surface area (TPSA) is 92.3 Å². The van der Waals surface area contributed by atoms with Crippen LogP contribution < -0.4 is 9.62 Å². The predicted octanol–water partition coefficient (Wildman–Crippen LogP) is 2.97. The number of anilines is 2. The molecule has 2 aromatic rings. The minimum Gasteiger partial charge on any atom is -0.300 e. The van der Waals surface area contributed by atoms with Crippen LogP contribution in [0.25, 0.3) is 0 Å². The SMILES string of the molecule is Cc1ccc2c(c1)N(S(=O)(=O)c1nnc(NC(=O)CC(C)C)s1)C(C)C2. The van der Waals surface area contributed by atoms with Crippen LogP contribution in [0.15, 0.2) is 22.5 Å². The van der Waals surface area contributed by atoms with E-state index in [1.54, 1.807) is 0 Å². The molecular formula is C17H22N4O3S2. The van der Waals surface area contributed by atoms with Crippen molar-refractivity contribution < 1.29 is 13.2 Å². The summed E-state index contributed by atoms with van der Waals surface area (Å²) in [6, 6.07) is 5.63. The second-order valence-electron chi connectivity index (χ2n) is 7.01. The molecule has 2 heterocycles. The number of carbonyl (C=O) groups is 1. The number of aromatic nitrogens is 2. The van der Waals surface area contributed by atoms with Crippen molar-refractivity contribution in [2.75, 3.05) is 9.62 Å². The quantitative estimate of drug-likeness (QED) is 0.787. The number of sulfonamides is 1. The van der Waals surface area contributed by atoms with Crippen molar-refractivity contribution in [2.24, 2.45) is 5.92 Å². The molecule has 26 heavy (non-hydrogen) atoms. The highest BCUT2D eigenvalue weighted by Gasteiger charge is 2.38. The minimum absolute atomic E-state index is 0.112. The highest BCUT2D eigenvalue weighted by Crippen LogP contribution is 2.38. The van der Waals surface area contributed by atoms with Gasteiger partial charge in [0.15, 0.2) is 0 Å². The van der Waals surface area contributed by atoms with E-state index < -0.39 is 10.0 Å². The standard InChI is InChI=1S/C17H22N4O3S2/c1-10(2)7-15(22)18-16-19-20-17(25-16)26(23,24)21-12(4)9-13-6-5-11(3)8-14(13)21/h5-6,8,10,12H,7,9H2,1-4H3,(H,18,19,22). The number of nitrogens with zero attached hydrogens (tertiary/aromatic N) is 3. The van der Waals surface area contributed by atoms with Crippen LogP contribution in [0, 0.1) is 12.8 Å². The number of benzene rings is 1. The van der Waals surface area contributed by atoms with Crippen molar-refractivity contribution >= 4 is 38.1 Å².